The molecule has 0 saturated heterocycles. The first kappa shape index (κ1) is 16.2. The zero-order valence-corrected chi connectivity index (χ0v) is 13.8. The first-order valence-electron chi connectivity index (χ1n) is 7.91. The number of rotatable bonds is 3. The van der Waals surface area contributed by atoms with Crippen molar-refractivity contribution >= 4 is 23.2 Å². The maximum absolute atomic E-state index is 12.5. The normalized spacial score (nSPS) is 13.6. The SMILES string of the molecule is Cc1ccc(CO)cc1NC(=O)c1ccc2c(c1)CCC(=O)N2C. The number of aryl methyl sites for hydroxylation is 2. The number of hydrogen-bond donors (Lipinski definition) is 2. The molecule has 2 aromatic carbocycles. The summed E-state index contributed by atoms with van der Waals surface area (Å²) in [6.07, 6.45) is 1.12. The van der Waals surface area contributed by atoms with Crippen LogP contribution in [0.3, 0.4) is 0 Å². The summed E-state index contributed by atoms with van der Waals surface area (Å²) in [5.74, 6) is -0.105. The summed E-state index contributed by atoms with van der Waals surface area (Å²) in [6.45, 7) is 1.84. The fourth-order valence-electron chi connectivity index (χ4n) is 2.89. The van der Waals surface area contributed by atoms with Crippen LogP contribution in [0.15, 0.2) is 36.4 Å². The third kappa shape index (κ3) is 3.03. The van der Waals surface area contributed by atoms with E-state index in [1.165, 1.54) is 0 Å². The Balaban J connectivity index is 1.85. The number of carbonyl (C=O) groups excluding carboxylic acids is 2. The molecule has 3 rings (SSSR count). The third-order valence-corrected chi connectivity index (χ3v) is 4.42. The Labute approximate surface area is 140 Å². The Morgan fingerprint density at radius 1 is 1.21 bits per heavy atom. The van der Waals surface area contributed by atoms with Gasteiger partial charge in [0.05, 0.1) is 6.61 Å². The molecule has 1 aliphatic heterocycles. The largest absolute Gasteiger partial charge is 0.392 e. The summed E-state index contributed by atoms with van der Waals surface area (Å²) in [6, 6.07) is 10.9. The molecule has 24 heavy (non-hydrogen) atoms. The van der Waals surface area contributed by atoms with E-state index in [9.17, 15) is 14.7 Å². The number of nitrogens with zero attached hydrogens (tertiary/aromatic N) is 1. The lowest BCUT2D eigenvalue weighted by Gasteiger charge is -2.26. The van der Waals surface area contributed by atoms with Crippen molar-refractivity contribution in [3.63, 3.8) is 0 Å². The van der Waals surface area contributed by atoms with Crippen molar-refractivity contribution in [2.24, 2.45) is 0 Å². The van der Waals surface area contributed by atoms with Gasteiger partial charge in [0, 0.05) is 30.4 Å². The van der Waals surface area contributed by atoms with Gasteiger partial charge in [-0.3, -0.25) is 9.59 Å². The van der Waals surface area contributed by atoms with Gasteiger partial charge in [-0.25, -0.2) is 0 Å². The third-order valence-electron chi connectivity index (χ3n) is 4.42. The second-order valence-corrected chi connectivity index (χ2v) is 6.06. The molecule has 1 aliphatic rings. The number of nitrogens with one attached hydrogen (secondary N) is 1. The maximum Gasteiger partial charge on any atom is 0.255 e. The first-order chi connectivity index (χ1) is 11.5. The van der Waals surface area contributed by atoms with E-state index in [2.05, 4.69) is 5.32 Å². The number of amides is 2. The van der Waals surface area contributed by atoms with Crippen molar-refractivity contribution in [3.05, 3.63) is 58.7 Å². The number of hydrogen-bond acceptors (Lipinski definition) is 3. The minimum Gasteiger partial charge on any atom is -0.392 e. The van der Waals surface area contributed by atoms with Gasteiger partial charge in [0.25, 0.3) is 5.91 Å². The maximum atomic E-state index is 12.5. The molecule has 0 fully saturated rings. The van der Waals surface area contributed by atoms with Crippen molar-refractivity contribution in [2.45, 2.75) is 26.4 Å². The summed E-state index contributed by atoms with van der Waals surface area (Å²) < 4.78 is 0. The predicted molar refractivity (Wildman–Crippen MR) is 93.2 cm³/mol. The highest BCUT2D eigenvalue weighted by molar-refractivity contribution is 6.05. The fourth-order valence-corrected chi connectivity index (χ4v) is 2.89. The minimum absolute atomic E-state index is 0.0671. The van der Waals surface area contributed by atoms with Crippen LogP contribution >= 0.6 is 0 Å². The number of benzene rings is 2. The lowest BCUT2D eigenvalue weighted by molar-refractivity contribution is -0.118. The molecule has 0 saturated carbocycles. The highest BCUT2D eigenvalue weighted by atomic mass is 16.3. The van der Waals surface area contributed by atoms with E-state index in [4.69, 9.17) is 0 Å². The van der Waals surface area contributed by atoms with Crippen molar-refractivity contribution in [2.75, 3.05) is 17.3 Å². The summed E-state index contributed by atoms with van der Waals surface area (Å²) >= 11 is 0. The van der Waals surface area contributed by atoms with Gasteiger partial charge in [0.15, 0.2) is 0 Å². The van der Waals surface area contributed by atoms with Crippen molar-refractivity contribution in [1.82, 2.24) is 0 Å². The Morgan fingerprint density at radius 2 is 2.00 bits per heavy atom. The van der Waals surface area contributed by atoms with Gasteiger partial charge in [-0.1, -0.05) is 12.1 Å². The molecule has 124 valence electrons. The van der Waals surface area contributed by atoms with E-state index < -0.39 is 0 Å². The van der Waals surface area contributed by atoms with E-state index in [1.807, 2.05) is 31.2 Å². The minimum atomic E-state index is -0.199. The van der Waals surface area contributed by atoms with Gasteiger partial charge in [0.1, 0.15) is 0 Å². The van der Waals surface area contributed by atoms with Crippen LogP contribution in [0.1, 0.15) is 33.5 Å². The molecule has 2 aromatic rings. The van der Waals surface area contributed by atoms with Crippen LogP contribution in [-0.2, 0) is 17.8 Å². The van der Waals surface area contributed by atoms with Crippen molar-refractivity contribution in [1.29, 1.82) is 0 Å². The number of carbonyl (C=O) groups is 2. The molecule has 0 unspecified atom stereocenters. The van der Waals surface area contributed by atoms with E-state index >= 15 is 0 Å². The van der Waals surface area contributed by atoms with Gasteiger partial charge >= 0.3 is 0 Å². The Morgan fingerprint density at radius 3 is 2.75 bits per heavy atom. The monoisotopic (exact) mass is 324 g/mol. The summed E-state index contributed by atoms with van der Waals surface area (Å²) in [5.41, 5.74) is 4.80. The molecule has 0 spiro atoms. The average Bonchev–Trinajstić information content (AvgIpc) is 2.59. The molecule has 2 N–H and O–H groups in total. The molecule has 0 bridgehead atoms. The van der Waals surface area contributed by atoms with Gasteiger partial charge in [-0.05, 0) is 54.3 Å². The topological polar surface area (TPSA) is 69.6 Å². The van der Waals surface area contributed by atoms with Crippen LogP contribution in [0.4, 0.5) is 11.4 Å². The van der Waals surface area contributed by atoms with Crippen LogP contribution in [-0.4, -0.2) is 24.0 Å². The molecule has 2 amide bonds. The van der Waals surface area contributed by atoms with Crippen molar-refractivity contribution in [3.8, 4) is 0 Å². The van der Waals surface area contributed by atoms with Gasteiger partial charge in [-0.15, -0.1) is 0 Å². The average molecular weight is 324 g/mol. The molecule has 5 heteroatoms. The molecule has 1 heterocycles. The van der Waals surface area contributed by atoms with Crippen LogP contribution in [0.2, 0.25) is 0 Å². The quantitative estimate of drug-likeness (QED) is 0.912. The number of fused-ring (bicyclic) bond motifs is 1. The van der Waals surface area contributed by atoms with Gasteiger partial charge < -0.3 is 15.3 Å². The van der Waals surface area contributed by atoms with E-state index in [-0.39, 0.29) is 18.4 Å². The zero-order chi connectivity index (χ0) is 17.3. The van der Waals surface area contributed by atoms with Crippen LogP contribution in [0.5, 0.6) is 0 Å². The number of aliphatic hydroxyl groups excluding tert-OH is 1. The van der Waals surface area contributed by atoms with Crippen LogP contribution in [0, 0.1) is 6.92 Å². The summed E-state index contributed by atoms with van der Waals surface area (Å²) in [5, 5.41) is 12.1. The first-order valence-corrected chi connectivity index (χ1v) is 7.91. The standard InChI is InChI=1S/C19H20N2O3/c1-12-3-4-13(11-22)9-16(12)20-19(24)15-5-7-17-14(10-15)6-8-18(23)21(17)2/h3-5,7,9-10,22H,6,8,11H2,1-2H3,(H,20,24). The molecular formula is C19H20N2O3. The zero-order valence-electron chi connectivity index (χ0n) is 13.8. The molecule has 0 aliphatic carbocycles. The lowest BCUT2D eigenvalue weighted by Crippen LogP contribution is -2.31. The van der Waals surface area contributed by atoms with Crippen LogP contribution < -0.4 is 10.2 Å². The summed E-state index contributed by atoms with van der Waals surface area (Å²) in [4.78, 5) is 25.9. The highest BCUT2D eigenvalue weighted by Crippen LogP contribution is 2.28. The Hall–Kier alpha value is -2.66. The number of aliphatic hydroxyl groups is 1. The van der Waals surface area contributed by atoms with Gasteiger partial charge in [0.2, 0.25) is 5.91 Å². The second-order valence-electron chi connectivity index (χ2n) is 6.06. The predicted octanol–water partition coefficient (Wildman–Crippen LogP) is 2.65. The molecule has 5 nitrogen and oxygen atoms in total. The fraction of sp³-hybridized carbons (Fsp3) is 0.263. The van der Waals surface area contributed by atoms with E-state index in [1.54, 1.807) is 24.1 Å². The van der Waals surface area contributed by atoms with Gasteiger partial charge in [-0.2, -0.15) is 0 Å². The smallest absolute Gasteiger partial charge is 0.255 e. The van der Waals surface area contributed by atoms with Crippen molar-refractivity contribution < 1.29 is 14.7 Å². The van der Waals surface area contributed by atoms with E-state index in [0.717, 1.165) is 22.4 Å². The molecule has 0 atom stereocenters. The second kappa shape index (κ2) is 6.45. The summed E-state index contributed by atoms with van der Waals surface area (Å²) in [7, 11) is 1.75. The highest BCUT2D eigenvalue weighted by Gasteiger charge is 2.21. The lowest BCUT2D eigenvalue weighted by atomic mass is 9.99. The Kier molecular flexibility index (Phi) is 4.36. The number of anilines is 2. The molecular weight excluding hydrogens is 304 g/mol. The van der Waals surface area contributed by atoms with Crippen LogP contribution in [0.25, 0.3) is 0 Å². The molecule has 0 radical (unpaired) electrons. The van der Waals surface area contributed by atoms with E-state index in [0.29, 0.717) is 24.1 Å². The Bertz CT molecular complexity index is 814. The molecule has 0 aromatic heterocycles.